The third-order valence-electron chi connectivity index (χ3n) is 4.77. The highest BCUT2D eigenvalue weighted by molar-refractivity contribution is 5.78. The number of carboxylic acid groups (broad SMARTS) is 1. The van der Waals surface area contributed by atoms with E-state index in [0.717, 1.165) is 31.5 Å². The minimum absolute atomic E-state index is 0.140. The molecule has 2 aliphatic rings. The van der Waals surface area contributed by atoms with Crippen molar-refractivity contribution >= 4 is 11.9 Å². The molecule has 0 bridgehead atoms. The van der Waals surface area contributed by atoms with Crippen LogP contribution in [0.15, 0.2) is 24.4 Å². The first-order chi connectivity index (χ1) is 13.6. The van der Waals surface area contributed by atoms with E-state index in [1.165, 1.54) is 0 Å². The highest BCUT2D eigenvalue weighted by atomic mass is 19.4. The lowest BCUT2D eigenvalue weighted by Crippen LogP contribution is -2.50. The number of aromatic nitrogens is 1. The number of amides is 1. The van der Waals surface area contributed by atoms with Crippen LogP contribution in [-0.2, 0) is 25.5 Å². The number of hydrogen-bond acceptors (Lipinski definition) is 5. The lowest BCUT2D eigenvalue weighted by atomic mass is 9.89. The number of halogens is 3. The molecule has 1 amide bonds. The molecule has 0 radical (unpaired) electrons. The Morgan fingerprint density at radius 2 is 2.14 bits per heavy atom. The van der Waals surface area contributed by atoms with Crippen LogP contribution in [-0.4, -0.2) is 71.1 Å². The summed E-state index contributed by atoms with van der Waals surface area (Å²) >= 11 is 0. The van der Waals surface area contributed by atoms with Crippen molar-refractivity contribution in [1.29, 1.82) is 0 Å². The molecule has 162 valence electrons. The van der Waals surface area contributed by atoms with Crippen LogP contribution in [0.5, 0.6) is 0 Å². The van der Waals surface area contributed by atoms with Crippen molar-refractivity contribution in [2.24, 2.45) is 0 Å². The Bertz CT molecular complexity index is 686. The van der Waals surface area contributed by atoms with Gasteiger partial charge in [0.1, 0.15) is 0 Å². The standard InChI is InChI=1S/C17H24N2O3.C2HF3O2/c1-2-21-15-11-17(22-12-15)7-5-9-19(13-17)16(20)10-14-6-3-4-8-18-14;3-2(4,5)1(6)7/h3-4,6,8,15H,2,5,7,9-13H2,1H3;(H,6,7)/t15-,17+;/m1./s1. The van der Waals surface area contributed by atoms with Crippen molar-refractivity contribution < 1.29 is 37.3 Å². The van der Waals surface area contributed by atoms with Gasteiger partial charge in [0.05, 0.1) is 24.7 Å². The number of hydrogen-bond donors (Lipinski definition) is 1. The topological polar surface area (TPSA) is 89.0 Å². The average molecular weight is 418 g/mol. The molecular formula is C19H25F3N2O5. The van der Waals surface area contributed by atoms with Gasteiger partial charge < -0.3 is 19.5 Å². The number of rotatable bonds is 4. The lowest BCUT2D eigenvalue weighted by molar-refractivity contribution is -0.192. The van der Waals surface area contributed by atoms with Crippen LogP contribution in [0.25, 0.3) is 0 Å². The quantitative estimate of drug-likeness (QED) is 0.808. The van der Waals surface area contributed by atoms with Gasteiger partial charge in [0, 0.05) is 38.0 Å². The monoisotopic (exact) mass is 418 g/mol. The van der Waals surface area contributed by atoms with Crippen molar-refractivity contribution in [1.82, 2.24) is 9.88 Å². The van der Waals surface area contributed by atoms with Crippen molar-refractivity contribution in [3.8, 4) is 0 Å². The molecule has 2 saturated heterocycles. The minimum atomic E-state index is -5.08. The van der Waals surface area contributed by atoms with E-state index in [9.17, 15) is 18.0 Å². The molecular weight excluding hydrogens is 393 g/mol. The summed E-state index contributed by atoms with van der Waals surface area (Å²) in [4.78, 5) is 27.6. The zero-order valence-electron chi connectivity index (χ0n) is 16.2. The number of pyridine rings is 1. The summed E-state index contributed by atoms with van der Waals surface area (Å²) in [6, 6.07) is 5.68. The van der Waals surface area contributed by atoms with Crippen LogP contribution in [0.2, 0.25) is 0 Å². The van der Waals surface area contributed by atoms with Crippen LogP contribution in [0.1, 0.15) is 31.9 Å². The van der Waals surface area contributed by atoms with Crippen LogP contribution < -0.4 is 0 Å². The first kappa shape index (κ1) is 23.1. The third kappa shape index (κ3) is 6.97. The Balaban J connectivity index is 0.000000370. The number of aliphatic carboxylic acids is 1. The van der Waals surface area contributed by atoms with Crippen LogP contribution in [0.3, 0.4) is 0 Å². The van der Waals surface area contributed by atoms with Gasteiger partial charge >= 0.3 is 12.1 Å². The van der Waals surface area contributed by atoms with E-state index in [2.05, 4.69) is 4.98 Å². The maximum atomic E-state index is 12.5. The number of alkyl halides is 3. The second-order valence-corrected chi connectivity index (χ2v) is 7.00. The van der Waals surface area contributed by atoms with Crippen molar-refractivity contribution in [3.63, 3.8) is 0 Å². The predicted molar refractivity (Wildman–Crippen MR) is 96.2 cm³/mol. The Morgan fingerprint density at radius 1 is 1.41 bits per heavy atom. The number of ether oxygens (including phenoxy) is 2. The van der Waals surface area contributed by atoms with Gasteiger partial charge in [-0.15, -0.1) is 0 Å². The molecule has 29 heavy (non-hydrogen) atoms. The van der Waals surface area contributed by atoms with Crippen LogP contribution in [0.4, 0.5) is 13.2 Å². The summed E-state index contributed by atoms with van der Waals surface area (Å²) in [7, 11) is 0. The Labute approximate surface area is 166 Å². The van der Waals surface area contributed by atoms with Gasteiger partial charge in [-0.3, -0.25) is 9.78 Å². The minimum Gasteiger partial charge on any atom is -0.475 e. The maximum Gasteiger partial charge on any atom is 0.490 e. The second kappa shape index (κ2) is 10.0. The molecule has 2 fully saturated rings. The first-order valence-electron chi connectivity index (χ1n) is 9.38. The smallest absolute Gasteiger partial charge is 0.475 e. The molecule has 10 heteroatoms. The molecule has 0 saturated carbocycles. The van der Waals surface area contributed by atoms with Crippen molar-refractivity contribution in [2.75, 3.05) is 26.3 Å². The number of carbonyl (C=O) groups is 2. The summed E-state index contributed by atoms with van der Waals surface area (Å²) < 4.78 is 43.5. The predicted octanol–water partition coefficient (Wildman–Crippen LogP) is 2.44. The third-order valence-corrected chi connectivity index (χ3v) is 4.77. The van der Waals surface area contributed by atoms with E-state index in [1.54, 1.807) is 6.20 Å². The largest absolute Gasteiger partial charge is 0.490 e. The van der Waals surface area contributed by atoms with E-state index in [1.807, 2.05) is 30.0 Å². The lowest BCUT2D eigenvalue weighted by Gasteiger charge is -2.39. The van der Waals surface area contributed by atoms with E-state index in [0.29, 0.717) is 26.2 Å². The SMILES string of the molecule is CCO[C@H]1CO[C@@]2(CCCN(C(=O)Cc3ccccn3)C2)C1.O=C(O)C(F)(F)F. The number of carboxylic acids is 1. The molecule has 7 nitrogen and oxygen atoms in total. The molecule has 1 N–H and O–H groups in total. The van der Waals surface area contributed by atoms with Crippen LogP contribution in [0, 0.1) is 0 Å². The van der Waals surface area contributed by atoms with Crippen molar-refractivity contribution in [3.05, 3.63) is 30.1 Å². The van der Waals surface area contributed by atoms with Gasteiger partial charge in [0.25, 0.3) is 0 Å². The van der Waals surface area contributed by atoms with Crippen molar-refractivity contribution in [2.45, 2.75) is 50.5 Å². The van der Waals surface area contributed by atoms with Gasteiger partial charge in [-0.1, -0.05) is 6.07 Å². The van der Waals surface area contributed by atoms with E-state index in [4.69, 9.17) is 19.4 Å². The fourth-order valence-electron chi connectivity index (χ4n) is 3.51. The van der Waals surface area contributed by atoms with Crippen LogP contribution >= 0.6 is 0 Å². The Hall–Kier alpha value is -2.20. The molecule has 0 aliphatic carbocycles. The molecule has 3 rings (SSSR count). The number of likely N-dealkylation sites (tertiary alicyclic amines) is 1. The van der Waals surface area contributed by atoms with E-state index >= 15 is 0 Å². The molecule has 3 heterocycles. The Kier molecular flexibility index (Phi) is 7.97. The van der Waals surface area contributed by atoms with Gasteiger partial charge in [0.2, 0.25) is 5.91 Å². The average Bonchev–Trinajstić information content (AvgIpc) is 3.04. The number of carbonyl (C=O) groups excluding carboxylic acids is 1. The van der Waals surface area contributed by atoms with Gasteiger partial charge in [-0.2, -0.15) is 13.2 Å². The fourth-order valence-corrected chi connectivity index (χ4v) is 3.51. The van der Waals surface area contributed by atoms with E-state index in [-0.39, 0.29) is 17.6 Å². The Morgan fingerprint density at radius 3 is 2.72 bits per heavy atom. The number of piperidine rings is 1. The molecule has 1 spiro atoms. The summed E-state index contributed by atoms with van der Waals surface area (Å²) in [6.45, 7) is 4.87. The second-order valence-electron chi connectivity index (χ2n) is 7.00. The van der Waals surface area contributed by atoms with Gasteiger partial charge in [-0.25, -0.2) is 4.79 Å². The molecule has 2 atom stereocenters. The highest BCUT2D eigenvalue weighted by Crippen LogP contribution is 2.35. The normalized spacial score (nSPS) is 24.1. The first-order valence-corrected chi connectivity index (χ1v) is 9.38. The summed E-state index contributed by atoms with van der Waals surface area (Å²) in [5.41, 5.74) is 0.629. The molecule has 2 aliphatic heterocycles. The number of nitrogens with zero attached hydrogens (tertiary/aromatic N) is 2. The zero-order chi connectivity index (χ0) is 21.5. The fraction of sp³-hybridized carbons (Fsp3) is 0.632. The van der Waals surface area contributed by atoms with Gasteiger partial charge in [0.15, 0.2) is 0 Å². The molecule has 1 aromatic heterocycles. The highest BCUT2D eigenvalue weighted by Gasteiger charge is 2.44. The molecule has 1 aromatic rings. The zero-order valence-corrected chi connectivity index (χ0v) is 16.2. The maximum absolute atomic E-state index is 12.5. The molecule has 0 aromatic carbocycles. The molecule has 0 unspecified atom stereocenters. The summed E-state index contributed by atoms with van der Waals surface area (Å²) in [6.07, 6.45) is 0.0972. The summed E-state index contributed by atoms with van der Waals surface area (Å²) in [5, 5.41) is 7.12. The van der Waals surface area contributed by atoms with E-state index < -0.39 is 12.1 Å². The van der Waals surface area contributed by atoms with Gasteiger partial charge in [-0.05, 0) is 31.9 Å². The summed E-state index contributed by atoms with van der Waals surface area (Å²) in [5.74, 6) is -2.62.